The van der Waals surface area contributed by atoms with Crippen LogP contribution in [0.3, 0.4) is 0 Å². The Hall–Kier alpha value is -1.38. The van der Waals surface area contributed by atoms with Crippen molar-refractivity contribution >= 4 is 12.2 Å². The zero-order chi connectivity index (χ0) is 20.3. The minimum absolute atomic E-state index is 0.136. The average molecular weight is 384 g/mol. The molecule has 1 amide bonds. The number of hydrogen-bond acceptors (Lipinski definition) is 2. The predicted octanol–water partition coefficient (Wildman–Crippen LogP) is 5.22. The molecule has 2 fully saturated rings. The topological polar surface area (TPSA) is 46.2 Å². The summed E-state index contributed by atoms with van der Waals surface area (Å²) in [6.45, 7) is 11.1. The summed E-state index contributed by atoms with van der Waals surface area (Å²) >= 11 is 0. The Morgan fingerprint density at radius 3 is 2.57 bits per heavy atom. The van der Waals surface area contributed by atoms with E-state index in [2.05, 4.69) is 52.1 Å². The summed E-state index contributed by atoms with van der Waals surface area (Å²) < 4.78 is 0. The third kappa shape index (κ3) is 3.00. The van der Waals surface area contributed by atoms with Crippen molar-refractivity contribution in [1.82, 2.24) is 5.32 Å². The number of aldehydes is 1. The van der Waals surface area contributed by atoms with E-state index in [9.17, 15) is 9.59 Å². The lowest BCUT2D eigenvalue weighted by atomic mass is 9.48. The fraction of sp³-hybridized carbons (Fsp3) is 0.760. The van der Waals surface area contributed by atoms with Gasteiger partial charge in [-0.25, -0.2) is 0 Å². The van der Waals surface area contributed by atoms with E-state index in [0.29, 0.717) is 17.8 Å². The molecule has 28 heavy (non-hydrogen) atoms. The molecule has 4 aliphatic carbocycles. The highest BCUT2D eigenvalue weighted by molar-refractivity contribution is 5.80. The summed E-state index contributed by atoms with van der Waals surface area (Å²) in [4.78, 5) is 24.4. The first-order valence-electron chi connectivity index (χ1n) is 11.3. The molecule has 3 heteroatoms. The molecule has 4 rings (SSSR count). The largest absolute Gasteiger partial charge is 0.351 e. The van der Waals surface area contributed by atoms with Crippen molar-refractivity contribution in [1.29, 1.82) is 0 Å². The minimum atomic E-state index is -0.163. The highest BCUT2D eigenvalue weighted by Crippen LogP contribution is 2.65. The molecule has 0 radical (unpaired) electrons. The van der Waals surface area contributed by atoms with Gasteiger partial charge >= 0.3 is 0 Å². The van der Waals surface area contributed by atoms with E-state index in [1.165, 1.54) is 18.4 Å². The van der Waals surface area contributed by atoms with E-state index in [4.69, 9.17) is 0 Å². The van der Waals surface area contributed by atoms with Crippen LogP contribution in [0.5, 0.6) is 0 Å². The van der Waals surface area contributed by atoms with Crippen LogP contribution < -0.4 is 5.32 Å². The van der Waals surface area contributed by atoms with Crippen molar-refractivity contribution in [3.8, 4) is 0 Å². The van der Waals surface area contributed by atoms with Gasteiger partial charge in [0.05, 0.1) is 0 Å². The van der Waals surface area contributed by atoms with Crippen molar-refractivity contribution in [2.75, 3.05) is 0 Å². The van der Waals surface area contributed by atoms with Crippen molar-refractivity contribution < 1.29 is 9.59 Å². The first-order chi connectivity index (χ1) is 13.1. The second-order valence-corrected chi connectivity index (χ2v) is 11.4. The monoisotopic (exact) mass is 383 g/mol. The molecule has 0 spiro atoms. The molecule has 154 valence electrons. The normalized spacial score (nSPS) is 42.5. The maximum atomic E-state index is 13.1. The van der Waals surface area contributed by atoms with E-state index < -0.39 is 0 Å². The van der Waals surface area contributed by atoms with Gasteiger partial charge in [-0.1, -0.05) is 26.0 Å². The number of carbonyl (C=O) groups is 2. The summed E-state index contributed by atoms with van der Waals surface area (Å²) in [5, 5.41) is 3.26. The molecule has 0 bridgehead atoms. The van der Waals surface area contributed by atoms with Crippen LogP contribution in [0.15, 0.2) is 23.3 Å². The first kappa shape index (κ1) is 19.9. The van der Waals surface area contributed by atoms with E-state index >= 15 is 0 Å². The zero-order valence-corrected chi connectivity index (χ0v) is 18.3. The van der Waals surface area contributed by atoms with Crippen LogP contribution in [-0.2, 0) is 9.59 Å². The highest BCUT2D eigenvalue weighted by atomic mass is 16.2. The Balaban J connectivity index is 1.60. The first-order valence-corrected chi connectivity index (χ1v) is 11.3. The Morgan fingerprint density at radius 2 is 1.89 bits per heavy atom. The Labute approximate surface area is 170 Å². The summed E-state index contributed by atoms with van der Waals surface area (Å²) in [7, 11) is 0. The third-order valence-electron chi connectivity index (χ3n) is 8.76. The summed E-state index contributed by atoms with van der Waals surface area (Å²) in [5.74, 6) is 2.45. The number of allylic oxidation sites excluding steroid dienone is 4. The van der Waals surface area contributed by atoms with Gasteiger partial charge < -0.3 is 5.32 Å². The lowest BCUT2D eigenvalue weighted by Gasteiger charge is -2.57. The maximum Gasteiger partial charge on any atom is 0.224 e. The van der Waals surface area contributed by atoms with Crippen molar-refractivity contribution in [2.45, 2.75) is 85.1 Å². The molecule has 0 aromatic carbocycles. The lowest BCUT2D eigenvalue weighted by molar-refractivity contribution is -0.133. The fourth-order valence-corrected chi connectivity index (χ4v) is 7.33. The van der Waals surface area contributed by atoms with Crippen LogP contribution in [0.1, 0.15) is 79.6 Å². The summed E-state index contributed by atoms with van der Waals surface area (Å²) in [6.07, 6.45) is 13.4. The predicted molar refractivity (Wildman–Crippen MR) is 113 cm³/mol. The van der Waals surface area contributed by atoms with Crippen LogP contribution in [0.25, 0.3) is 0 Å². The van der Waals surface area contributed by atoms with E-state index in [0.717, 1.165) is 44.0 Å². The smallest absolute Gasteiger partial charge is 0.224 e. The number of amides is 1. The van der Waals surface area contributed by atoms with Gasteiger partial charge in [-0.05, 0) is 105 Å². The van der Waals surface area contributed by atoms with Gasteiger partial charge in [0.2, 0.25) is 5.91 Å². The standard InChI is InChI=1S/C25H37NO2/c1-23(2,3)26-22(28)21-9-8-19-18-7-6-17-14-16(15-27)10-12-24(17,4)20(18)11-13-25(19,21)5/h6,14-15,18-21H,7-13H2,1-5H3,(H,26,28)/t18?,19?,20?,21-,24?,25?/m1/s1. The molecule has 0 aromatic heterocycles. The summed E-state index contributed by atoms with van der Waals surface area (Å²) in [6, 6.07) is 0. The molecule has 0 saturated heterocycles. The second kappa shape index (κ2) is 6.57. The Kier molecular flexibility index (Phi) is 4.67. The van der Waals surface area contributed by atoms with Crippen LogP contribution in [0.4, 0.5) is 0 Å². The van der Waals surface area contributed by atoms with Gasteiger partial charge in [-0.15, -0.1) is 0 Å². The van der Waals surface area contributed by atoms with Gasteiger partial charge in [0.1, 0.15) is 6.29 Å². The van der Waals surface area contributed by atoms with E-state index in [1.807, 2.05) is 0 Å². The fourth-order valence-electron chi connectivity index (χ4n) is 7.33. The van der Waals surface area contributed by atoms with Crippen LogP contribution in [0, 0.1) is 34.5 Å². The number of carbonyl (C=O) groups excluding carboxylic acids is 2. The van der Waals surface area contributed by atoms with Gasteiger partial charge in [0.25, 0.3) is 0 Å². The molecule has 0 heterocycles. The van der Waals surface area contributed by atoms with Gasteiger partial charge in [-0.2, -0.15) is 0 Å². The molecular formula is C25H37NO2. The number of hydrogen-bond donors (Lipinski definition) is 1. The van der Waals surface area contributed by atoms with E-state index in [-0.39, 0.29) is 28.2 Å². The number of nitrogens with one attached hydrogen (secondary N) is 1. The minimum Gasteiger partial charge on any atom is -0.351 e. The van der Waals surface area contributed by atoms with Crippen LogP contribution in [-0.4, -0.2) is 17.7 Å². The second-order valence-electron chi connectivity index (χ2n) is 11.4. The van der Waals surface area contributed by atoms with Gasteiger partial charge in [0.15, 0.2) is 0 Å². The molecule has 2 saturated carbocycles. The lowest BCUT2D eigenvalue weighted by Crippen LogP contribution is -2.52. The van der Waals surface area contributed by atoms with Gasteiger partial charge in [-0.3, -0.25) is 9.59 Å². The molecule has 3 nitrogen and oxygen atoms in total. The van der Waals surface area contributed by atoms with Crippen LogP contribution >= 0.6 is 0 Å². The molecule has 0 aromatic rings. The SMILES string of the molecule is CC(C)(C)NC(=O)[C@H]1CCC2C3CC=C4C=C(C=O)CCC4(C)C3CCC21C. The molecule has 4 aliphatic rings. The van der Waals surface area contributed by atoms with Crippen molar-refractivity contribution in [3.63, 3.8) is 0 Å². The zero-order valence-electron chi connectivity index (χ0n) is 18.3. The number of fused-ring (bicyclic) bond motifs is 5. The van der Waals surface area contributed by atoms with E-state index in [1.54, 1.807) is 0 Å². The molecule has 0 aliphatic heterocycles. The quantitative estimate of drug-likeness (QED) is 0.665. The third-order valence-corrected chi connectivity index (χ3v) is 8.76. The Morgan fingerprint density at radius 1 is 1.14 bits per heavy atom. The maximum absolute atomic E-state index is 13.1. The molecule has 5 unspecified atom stereocenters. The molecular weight excluding hydrogens is 346 g/mol. The van der Waals surface area contributed by atoms with Gasteiger partial charge in [0, 0.05) is 11.5 Å². The molecule has 6 atom stereocenters. The highest BCUT2D eigenvalue weighted by Gasteiger charge is 2.59. The summed E-state index contributed by atoms with van der Waals surface area (Å²) in [5.41, 5.74) is 2.55. The van der Waals surface area contributed by atoms with Crippen molar-refractivity contribution in [2.24, 2.45) is 34.5 Å². The molecule has 1 N–H and O–H groups in total. The number of rotatable bonds is 2. The van der Waals surface area contributed by atoms with Crippen LogP contribution in [0.2, 0.25) is 0 Å². The van der Waals surface area contributed by atoms with Crippen molar-refractivity contribution in [3.05, 3.63) is 23.3 Å². The Bertz CT molecular complexity index is 742. The average Bonchev–Trinajstić information content (AvgIpc) is 2.97.